The topological polar surface area (TPSA) is 76.1 Å². The number of aromatic nitrogens is 1. The molecule has 9 heteroatoms. The number of sulfone groups is 1. The third kappa shape index (κ3) is 6.31. The van der Waals surface area contributed by atoms with Gasteiger partial charge in [-0.3, -0.25) is 9.78 Å². The number of nitrogens with zero attached hydrogens (tertiary/aromatic N) is 1. The minimum absolute atomic E-state index is 0.114. The molecule has 3 aromatic carbocycles. The van der Waals surface area contributed by atoms with Gasteiger partial charge in [0.1, 0.15) is 0 Å². The van der Waals surface area contributed by atoms with Crippen molar-refractivity contribution in [3.63, 3.8) is 0 Å². The van der Waals surface area contributed by atoms with Crippen molar-refractivity contribution in [2.75, 3.05) is 11.6 Å². The molecule has 1 heterocycles. The van der Waals surface area contributed by atoms with Gasteiger partial charge in [0.15, 0.2) is 9.84 Å². The average Bonchev–Trinajstić information content (AvgIpc) is 2.86. The van der Waals surface area contributed by atoms with E-state index in [9.17, 15) is 26.4 Å². The van der Waals surface area contributed by atoms with E-state index in [1.54, 1.807) is 48.8 Å². The second-order valence-corrected chi connectivity index (χ2v) is 10.2. The van der Waals surface area contributed by atoms with Gasteiger partial charge in [0.25, 0.3) is 0 Å². The smallest absolute Gasteiger partial charge is 0.322 e. The summed E-state index contributed by atoms with van der Waals surface area (Å²) >= 11 is 0. The van der Waals surface area contributed by atoms with Crippen molar-refractivity contribution < 1.29 is 26.4 Å². The number of allylic oxidation sites excluding steroid dienone is 2. The van der Waals surface area contributed by atoms with E-state index in [-0.39, 0.29) is 4.90 Å². The van der Waals surface area contributed by atoms with Crippen molar-refractivity contribution in [3.8, 4) is 0 Å². The Morgan fingerprint density at radius 2 is 1.57 bits per heavy atom. The van der Waals surface area contributed by atoms with Gasteiger partial charge in [-0.25, -0.2) is 8.42 Å². The number of carbonyl (C=O) groups is 1. The van der Waals surface area contributed by atoms with Crippen LogP contribution >= 0.6 is 0 Å². The lowest BCUT2D eigenvalue weighted by Gasteiger charge is -2.11. The van der Waals surface area contributed by atoms with Crippen LogP contribution in [0.4, 0.5) is 18.9 Å². The monoisotopic (exact) mass is 522 g/mol. The summed E-state index contributed by atoms with van der Waals surface area (Å²) in [5, 5.41) is 4.50. The van der Waals surface area contributed by atoms with Gasteiger partial charge in [-0.05, 0) is 53.1 Å². The van der Waals surface area contributed by atoms with E-state index in [2.05, 4.69) is 10.3 Å². The van der Waals surface area contributed by atoms with Gasteiger partial charge in [0, 0.05) is 41.2 Å². The lowest BCUT2D eigenvalue weighted by Crippen LogP contribution is -2.08. The first-order valence-electron chi connectivity index (χ1n) is 11.0. The van der Waals surface area contributed by atoms with Crippen molar-refractivity contribution in [1.82, 2.24) is 4.98 Å². The molecule has 0 unspecified atom stereocenters. The number of halogens is 3. The van der Waals surface area contributed by atoms with E-state index in [1.807, 2.05) is 6.07 Å². The van der Waals surface area contributed by atoms with Crippen molar-refractivity contribution >= 4 is 37.8 Å². The van der Waals surface area contributed by atoms with Crippen LogP contribution in [0.25, 0.3) is 16.3 Å². The van der Waals surface area contributed by atoms with Crippen LogP contribution in [0.5, 0.6) is 0 Å². The lowest BCUT2D eigenvalue weighted by molar-refractivity contribution is -0.137. The standard InChI is InChI=1S/C28H21F3N2O3S/c1-37(35,36)23-14-10-20(11-15-23)24(19-8-12-22(13-9-19)28(29,30)31)5-3-7-27(34)33-26-6-2-4-21-18-32-17-16-25(21)26/h2-18H,1H3,(H,33,34). The van der Waals surface area contributed by atoms with Crippen molar-refractivity contribution in [3.05, 3.63) is 120 Å². The van der Waals surface area contributed by atoms with Gasteiger partial charge in [-0.2, -0.15) is 13.2 Å². The Hall–Kier alpha value is -4.24. The maximum atomic E-state index is 13.0. The maximum Gasteiger partial charge on any atom is 0.416 e. The molecule has 37 heavy (non-hydrogen) atoms. The van der Waals surface area contributed by atoms with E-state index in [0.717, 1.165) is 29.2 Å². The number of hydrogen-bond donors (Lipinski definition) is 1. The highest BCUT2D eigenvalue weighted by atomic mass is 32.2. The highest BCUT2D eigenvalue weighted by Crippen LogP contribution is 2.32. The lowest BCUT2D eigenvalue weighted by atomic mass is 9.96. The van der Waals surface area contributed by atoms with Crippen molar-refractivity contribution in [2.45, 2.75) is 11.1 Å². The van der Waals surface area contributed by atoms with Crippen LogP contribution in [-0.2, 0) is 20.8 Å². The number of pyridine rings is 1. The Kier molecular flexibility index (Phi) is 7.26. The molecule has 0 saturated heterocycles. The predicted octanol–water partition coefficient (Wildman–Crippen LogP) is 6.28. The Bertz CT molecular complexity index is 1600. The minimum atomic E-state index is -4.48. The first kappa shape index (κ1) is 25.8. The third-order valence-corrected chi connectivity index (χ3v) is 6.69. The fourth-order valence-electron chi connectivity index (χ4n) is 3.72. The average molecular weight is 523 g/mol. The van der Waals surface area contributed by atoms with Crippen molar-refractivity contribution in [1.29, 1.82) is 0 Å². The molecule has 0 saturated carbocycles. The number of benzene rings is 3. The number of alkyl halides is 3. The molecule has 0 radical (unpaired) electrons. The molecule has 1 N–H and O–H groups in total. The van der Waals surface area contributed by atoms with E-state index in [4.69, 9.17) is 0 Å². The van der Waals surface area contributed by atoms with Crippen LogP contribution in [0.2, 0.25) is 0 Å². The molecule has 188 valence electrons. The Balaban J connectivity index is 1.65. The molecule has 0 aliphatic carbocycles. The van der Waals surface area contributed by atoms with Crippen LogP contribution in [0.3, 0.4) is 0 Å². The Labute approximate surface area is 211 Å². The SMILES string of the molecule is CS(=O)(=O)c1ccc(C(=CC=CC(=O)Nc2cccc3cnccc23)c2ccc(C(F)(F)F)cc2)cc1. The normalized spacial score (nSPS) is 12.7. The Morgan fingerprint density at radius 1 is 0.919 bits per heavy atom. The highest BCUT2D eigenvalue weighted by Gasteiger charge is 2.30. The summed E-state index contributed by atoms with van der Waals surface area (Å²) in [6, 6.07) is 17.8. The van der Waals surface area contributed by atoms with E-state index >= 15 is 0 Å². The van der Waals surface area contributed by atoms with Gasteiger partial charge in [0.2, 0.25) is 5.91 Å². The summed E-state index contributed by atoms with van der Waals surface area (Å²) in [5.41, 5.74) is 1.36. The van der Waals surface area contributed by atoms with Gasteiger partial charge < -0.3 is 5.32 Å². The number of fused-ring (bicyclic) bond motifs is 1. The van der Waals surface area contributed by atoms with Gasteiger partial charge >= 0.3 is 6.18 Å². The van der Waals surface area contributed by atoms with Crippen LogP contribution < -0.4 is 5.32 Å². The zero-order valence-electron chi connectivity index (χ0n) is 19.5. The first-order valence-corrected chi connectivity index (χ1v) is 12.9. The van der Waals surface area contributed by atoms with Gasteiger partial charge in [-0.1, -0.05) is 48.6 Å². The molecule has 0 fully saturated rings. The molecule has 4 rings (SSSR count). The van der Waals surface area contributed by atoms with E-state index in [0.29, 0.717) is 22.4 Å². The molecular weight excluding hydrogens is 501 g/mol. The summed E-state index contributed by atoms with van der Waals surface area (Å²) in [7, 11) is -3.42. The molecule has 0 atom stereocenters. The largest absolute Gasteiger partial charge is 0.416 e. The number of anilines is 1. The zero-order chi connectivity index (χ0) is 26.6. The fraction of sp³-hybridized carbons (Fsp3) is 0.0714. The van der Waals surface area contributed by atoms with Crippen LogP contribution in [0.1, 0.15) is 16.7 Å². The summed E-state index contributed by atoms with van der Waals surface area (Å²) in [4.78, 5) is 16.8. The first-order chi connectivity index (χ1) is 17.5. The third-order valence-electron chi connectivity index (χ3n) is 5.57. The number of hydrogen-bond acceptors (Lipinski definition) is 4. The molecule has 0 bridgehead atoms. The fourth-order valence-corrected chi connectivity index (χ4v) is 4.35. The minimum Gasteiger partial charge on any atom is -0.322 e. The molecule has 5 nitrogen and oxygen atoms in total. The highest BCUT2D eigenvalue weighted by molar-refractivity contribution is 7.90. The zero-order valence-corrected chi connectivity index (χ0v) is 20.3. The second kappa shape index (κ2) is 10.4. The van der Waals surface area contributed by atoms with Gasteiger partial charge in [0.05, 0.1) is 10.5 Å². The summed E-state index contributed by atoms with van der Waals surface area (Å²) in [6.45, 7) is 0. The van der Waals surface area contributed by atoms with Crippen LogP contribution in [0.15, 0.2) is 108 Å². The van der Waals surface area contributed by atoms with E-state index < -0.39 is 27.5 Å². The number of rotatable bonds is 6. The number of carbonyl (C=O) groups excluding carboxylic acids is 1. The van der Waals surface area contributed by atoms with Gasteiger partial charge in [-0.15, -0.1) is 0 Å². The van der Waals surface area contributed by atoms with Crippen molar-refractivity contribution in [2.24, 2.45) is 0 Å². The second-order valence-electron chi connectivity index (χ2n) is 8.20. The molecule has 0 spiro atoms. The van der Waals surface area contributed by atoms with Crippen LogP contribution in [0, 0.1) is 0 Å². The Morgan fingerprint density at radius 3 is 2.19 bits per heavy atom. The predicted molar refractivity (Wildman–Crippen MR) is 138 cm³/mol. The number of amides is 1. The molecule has 4 aromatic rings. The molecule has 1 amide bonds. The summed E-state index contributed by atoms with van der Waals surface area (Å²) in [5.74, 6) is -0.403. The molecule has 0 aliphatic heterocycles. The summed E-state index contributed by atoms with van der Waals surface area (Å²) in [6.07, 6.45) is 4.30. The molecular formula is C28H21F3N2O3S. The number of nitrogens with one attached hydrogen (secondary N) is 1. The van der Waals surface area contributed by atoms with Crippen LogP contribution in [-0.4, -0.2) is 25.6 Å². The molecule has 1 aromatic heterocycles. The molecule has 0 aliphatic rings. The van der Waals surface area contributed by atoms with E-state index in [1.165, 1.54) is 36.4 Å². The maximum absolute atomic E-state index is 13.0. The summed E-state index contributed by atoms with van der Waals surface area (Å²) < 4.78 is 62.7. The quantitative estimate of drug-likeness (QED) is 0.239.